The number of nitrogens with two attached hydrogens (primary N) is 2. The molecule has 0 aliphatic heterocycles. The first-order valence-corrected chi connectivity index (χ1v) is 5.24. The minimum Gasteiger partial charge on any atom is -0.394 e. The van der Waals surface area contributed by atoms with Crippen molar-refractivity contribution >= 4 is 11.5 Å². The highest BCUT2D eigenvalue weighted by atomic mass is 16.5. The molecule has 1 atom stereocenters. The Morgan fingerprint density at radius 3 is 2.73 bits per heavy atom. The molecular formula is C10H20N4O. The van der Waals surface area contributed by atoms with Crippen LogP contribution < -0.4 is 11.5 Å². The van der Waals surface area contributed by atoms with Gasteiger partial charge in [-0.15, -0.1) is 0 Å². The first-order chi connectivity index (χ1) is 7.15. The van der Waals surface area contributed by atoms with Crippen LogP contribution in [-0.4, -0.2) is 23.0 Å². The molecule has 4 N–H and O–H groups in total. The summed E-state index contributed by atoms with van der Waals surface area (Å²) in [7, 11) is 1.73. The molecule has 0 saturated heterocycles. The summed E-state index contributed by atoms with van der Waals surface area (Å²) < 4.78 is 6.91. The van der Waals surface area contributed by atoms with Gasteiger partial charge < -0.3 is 16.2 Å². The monoisotopic (exact) mass is 212 g/mol. The number of unbranched alkanes of at least 4 members (excludes halogenated alkanes) is 1. The zero-order valence-electron chi connectivity index (χ0n) is 9.44. The SMILES string of the molecule is COC(C)CCCCn1ncc(N)c1N. The standard InChI is InChI=1S/C10H20N4O/c1-8(15-2)5-3-4-6-14-10(12)9(11)7-13-14/h7-8H,3-6,11-12H2,1-2H3. The van der Waals surface area contributed by atoms with Gasteiger partial charge in [0.2, 0.25) is 0 Å². The molecule has 0 aromatic carbocycles. The lowest BCUT2D eigenvalue weighted by atomic mass is 10.2. The molecule has 5 heteroatoms. The van der Waals surface area contributed by atoms with Crippen molar-refractivity contribution < 1.29 is 4.74 Å². The van der Waals surface area contributed by atoms with Gasteiger partial charge in [-0.2, -0.15) is 5.10 Å². The van der Waals surface area contributed by atoms with Crippen molar-refractivity contribution in [3.05, 3.63) is 6.20 Å². The second-order valence-corrected chi connectivity index (χ2v) is 3.75. The van der Waals surface area contributed by atoms with Gasteiger partial charge in [0.05, 0.1) is 18.0 Å². The lowest BCUT2D eigenvalue weighted by Crippen LogP contribution is -2.08. The van der Waals surface area contributed by atoms with Crippen molar-refractivity contribution in [2.45, 2.75) is 38.8 Å². The van der Waals surface area contributed by atoms with Crippen LogP contribution in [0, 0.1) is 0 Å². The number of rotatable bonds is 6. The van der Waals surface area contributed by atoms with Crippen LogP contribution in [0.4, 0.5) is 11.5 Å². The molecule has 5 nitrogen and oxygen atoms in total. The van der Waals surface area contributed by atoms with Gasteiger partial charge in [-0.25, -0.2) is 4.68 Å². The number of aryl methyl sites for hydroxylation is 1. The van der Waals surface area contributed by atoms with E-state index in [4.69, 9.17) is 16.2 Å². The Kier molecular flexibility index (Phi) is 4.42. The van der Waals surface area contributed by atoms with Crippen molar-refractivity contribution in [3.63, 3.8) is 0 Å². The van der Waals surface area contributed by atoms with E-state index in [2.05, 4.69) is 12.0 Å². The van der Waals surface area contributed by atoms with E-state index in [1.807, 2.05) is 0 Å². The van der Waals surface area contributed by atoms with Crippen LogP contribution in [0.5, 0.6) is 0 Å². The highest BCUT2D eigenvalue weighted by molar-refractivity contribution is 5.56. The molecule has 0 radical (unpaired) electrons. The normalized spacial score (nSPS) is 12.9. The maximum Gasteiger partial charge on any atom is 0.145 e. The van der Waals surface area contributed by atoms with Crippen LogP contribution in [0.2, 0.25) is 0 Å². The van der Waals surface area contributed by atoms with Crippen molar-refractivity contribution in [1.29, 1.82) is 0 Å². The van der Waals surface area contributed by atoms with Crippen molar-refractivity contribution in [2.75, 3.05) is 18.6 Å². The van der Waals surface area contributed by atoms with E-state index in [1.54, 1.807) is 18.0 Å². The largest absolute Gasteiger partial charge is 0.394 e. The second-order valence-electron chi connectivity index (χ2n) is 3.75. The maximum absolute atomic E-state index is 5.72. The number of ether oxygens (including phenoxy) is 1. The molecule has 1 heterocycles. The topological polar surface area (TPSA) is 79.1 Å². The van der Waals surface area contributed by atoms with Crippen LogP contribution in [0.3, 0.4) is 0 Å². The van der Waals surface area contributed by atoms with E-state index in [9.17, 15) is 0 Å². The number of anilines is 2. The molecule has 1 rings (SSSR count). The predicted molar refractivity (Wildman–Crippen MR) is 61.4 cm³/mol. The average Bonchev–Trinajstić information content (AvgIpc) is 2.55. The van der Waals surface area contributed by atoms with Gasteiger partial charge in [0.1, 0.15) is 5.82 Å². The minimum atomic E-state index is 0.324. The highest BCUT2D eigenvalue weighted by Crippen LogP contribution is 2.13. The fourth-order valence-electron chi connectivity index (χ4n) is 1.40. The molecule has 1 aromatic rings. The number of nitrogens with zero attached hydrogens (tertiary/aromatic N) is 2. The minimum absolute atomic E-state index is 0.324. The summed E-state index contributed by atoms with van der Waals surface area (Å²) in [6.07, 6.45) is 5.12. The summed E-state index contributed by atoms with van der Waals surface area (Å²) in [4.78, 5) is 0. The van der Waals surface area contributed by atoms with E-state index in [0.29, 0.717) is 17.6 Å². The third kappa shape index (κ3) is 3.43. The number of nitrogen functional groups attached to an aromatic ring is 2. The van der Waals surface area contributed by atoms with Gasteiger partial charge in [0.15, 0.2) is 0 Å². The van der Waals surface area contributed by atoms with Crippen LogP contribution in [0.1, 0.15) is 26.2 Å². The average molecular weight is 212 g/mol. The summed E-state index contributed by atoms with van der Waals surface area (Å²) >= 11 is 0. The van der Waals surface area contributed by atoms with E-state index < -0.39 is 0 Å². The third-order valence-corrected chi connectivity index (χ3v) is 2.54. The third-order valence-electron chi connectivity index (χ3n) is 2.54. The number of hydrogen-bond acceptors (Lipinski definition) is 4. The Labute approximate surface area is 90.4 Å². The fourth-order valence-corrected chi connectivity index (χ4v) is 1.40. The Morgan fingerprint density at radius 2 is 2.20 bits per heavy atom. The lowest BCUT2D eigenvalue weighted by molar-refractivity contribution is 0.108. The van der Waals surface area contributed by atoms with E-state index in [-0.39, 0.29) is 0 Å². The summed E-state index contributed by atoms with van der Waals surface area (Å²) in [5.41, 5.74) is 11.9. The molecule has 1 unspecified atom stereocenters. The number of aromatic nitrogens is 2. The van der Waals surface area contributed by atoms with Crippen LogP contribution >= 0.6 is 0 Å². The quantitative estimate of drug-likeness (QED) is 0.696. The molecular weight excluding hydrogens is 192 g/mol. The molecule has 0 spiro atoms. The fraction of sp³-hybridized carbons (Fsp3) is 0.700. The molecule has 1 aromatic heterocycles. The van der Waals surface area contributed by atoms with Gasteiger partial charge in [-0.05, 0) is 26.2 Å². The smallest absolute Gasteiger partial charge is 0.145 e. The molecule has 0 saturated carbocycles. The zero-order chi connectivity index (χ0) is 11.3. The van der Waals surface area contributed by atoms with Gasteiger partial charge in [-0.3, -0.25) is 0 Å². The molecule has 15 heavy (non-hydrogen) atoms. The maximum atomic E-state index is 5.72. The van der Waals surface area contributed by atoms with Gasteiger partial charge in [-0.1, -0.05) is 0 Å². The molecule has 0 aliphatic carbocycles. The van der Waals surface area contributed by atoms with E-state index in [1.165, 1.54) is 0 Å². The summed E-state index contributed by atoms with van der Waals surface area (Å²) in [5, 5.41) is 4.09. The Hall–Kier alpha value is -1.23. The van der Waals surface area contributed by atoms with E-state index >= 15 is 0 Å². The van der Waals surface area contributed by atoms with Crippen molar-refractivity contribution in [2.24, 2.45) is 0 Å². The summed E-state index contributed by atoms with van der Waals surface area (Å²) in [6, 6.07) is 0. The van der Waals surface area contributed by atoms with Gasteiger partial charge >= 0.3 is 0 Å². The highest BCUT2D eigenvalue weighted by Gasteiger charge is 2.04. The van der Waals surface area contributed by atoms with Crippen molar-refractivity contribution in [1.82, 2.24) is 9.78 Å². The predicted octanol–water partition coefficient (Wildman–Crippen LogP) is 1.25. The Morgan fingerprint density at radius 1 is 1.47 bits per heavy atom. The van der Waals surface area contributed by atoms with Crippen molar-refractivity contribution in [3.8, 4) is 0 Å². The van der Waals surface area contributed by atoms with Gasteiger partial charge in [0, 0.05) is 13.7 Å². The molecule has 0 amide bonds. The lowest BCUT2D eigenvalue weighted by Gasteiger charge is -2.09. The molecule has 0 fully saturated rings. The Balaban J connectivity index is 2.23. The molecule has 0 bridgehead atoms. The molecule has 86 valence electrons. The summed E-state index contributed by atoms with van der Waals surface area (Å²) in [5.74, 6) is 0.565. The first-order valence-electron chi connectivity index (χ1n) is 5.24. The zero-order valence-corrected chi connectivity index (χ0v) is 9.44. The molecule has 0 aliphatic rings. The van der Waals surface area contributed by atoms with Crippen LogP contribution in [0.25, 0.3) is 0 Å². The summed E-state index contributed by atoms with van der Waals surface area (Å²) in [6.45, 7) is 2.89. The second kappa shape index (κ2) is 5.60. The van der Waals surface area contributed by atoms with Crippen LogP contribution in [-0.2, 0) is 11.3 Å². The number of methoxy groups -OCH3 is 1. The van der Waals surface area contributed by atoms with E-state index in [0.717, 1.165) is 25.8 Å². The Bertz CT molecular complexity index is 298. The van der Waals surface area contributed by atoms with Crippen LogP contribution in [0.15, 0.2) is 6.20 Å². The number of hydrogen-bond donors (Lipinski definition) is 2. The first kappa shape index (κ1) is 11.8. The van der Waals surface area contributed by atoms with Gasteiger partial charge in [0.25, 0.3) is 0 Å².